The molecule has 0 radical (unpaired) electrons. The van der Waals surface area contributed by atoms with Crippen molar-refractivity contribution >= 4 is 11.9 Å². The summed E-state index contributed by atoms with van der Waals surface area (Å²) in [4.78, 5) is 0. The van der Waals surface area contributed by atoms with Crippen LogP contribution in [0.1, 0.15) is 20.8 Å². The van der Waals surface area contributed by atoms with Crippen molar-refractivity contribution in [2.75, 3.05) is 13.1 Å². The van der Waals surface area contributed by atoms with Crippen LogP contribution in [0.25, 0.3) is 0 Å². The molecule has 0 N–H and O–H groups in total. The molecule has 1 aromatic rings. The number of rotatable bonds is 6. The van der Waals surface area contributed by atoms with Crippen molar-refractivity contribution in [2.24, 2.45) is 0 Å². The molecule has 0 saturated carbocycles. The van der Waals surface area contributed by atoms with Crippen LogP contribution in [0.2, 0.25) is 0 Å². The van der Waals surface area contributed by atoms with Gasteiger partial charge in [-0.15, -0.1) is 0 Å². The van der Waals surface area contributed by atoms with Gasteiger partial charge in [0.15, 0.2) is 5.44 Å². The van der Waals surface area contributed by atoms with Gasteiger partial charge in [0.1, 0.15) is 5.75 Å². The Morgan fingerprint density at radius 3 is 2.33 bits per heavy atom. The van der Waals surface area contributed by atoms with Crippen molar-refractivity contribution in [3.8, 4) is 5.75 Å². The van der Waals surface area contributed by atoms with Crippen molar-refractivity contribution in [3.05, 3.63) is 30.3 Å². The average Bonchev–Trinajstić information content (AvgIpc) is 2.27. The van der Waals surface area contributed by atoms with Crippen LogP contribution in [-0.2, 0) is 0 Å². The maximum Gasteiger partial charge on any atom is 0.155 e. The normalized spacial score (nSPS) is 12.8. The van der Waals surface area contributed by atoms with E-state index >= 15 is 0 Å². The molecule has 1 unspecified atom stereocenters. The summed E-state index contributed by atoms with van der Waals surface area (Å²) in [6.07, 6.45) is 0. The molecule has 0 aliphatic carbocycles. The summed E-state index contributed by atoms with van der Waals surface area (Å²) < 4.78 is 8.06. The maximum atomic E-state index is 5.77. The minimum atomic E-state index is 0.160. The summed E-state index contributed by atoms with van der Waals surface area (Å²) in [6.45, 7) is 8.49. The molecule has 0 heterocycles. The maximum absolute atomic E-state index is 5.77. The van der Waals surface area contributed by atoms with E-state index in [0.29, 0.717) is 0 Å². The molecule has 0 bridgehead atoms. The number of hydrogen-bond acceptors (Lipinski definition) is 3. The minimum absolute atomic E-state index is 0.160. The minimum Gasteiger partial charge on any atom is -0.479 e. The molecule has 0 spiro atoms. The van der Waals surface area contributed by atoms with Crippen LogP contribution in [0.15, 0.2) is 30.3 Å². The molecule has 0 aromatic heterocycles. The lowest BCUT2D eigenvalue weighted by Crippen LogP contribution is -2.20. The third-order valence-electron chi connectivity index (χ3n) is 2.05. The third kappa shape index (κ3) is 4.58. The second-order valence-electron chi connectivity index (χ2n) is 3.22. The second-order valence-corrected chi connectivity index (χ2v) is 4.61. The van der Waals surface area contributed by atoms with Crippen LogP contribution >= 0.6 is 11.9 Å². The van der Waals surface area contributed by atoms with Crippen molar-refractivity contribution < 1.29 is 4.74 Å². The van der Waals surface area contributed by atoms with Crippen LogP contribution in [-0.4, -0.2) is 22.8 Å². The van der Waals surface area contributed by atoms with Crippen LogP contribution < -0.4 is 4.74 Å². The summed E-state index contributed by atoms with van der Waals surface area (Å²) in [7, 11) is 0. The third-order valence-corrected chi connectivity index (χ3v) is 3.26. The van der Waals surface area contributed by atoms with Gasteiger partial charge < -0.3 is 4.74 Å². The molecule has 84 valence electrons. The molecule has 1 aromatic carbocycles. The summed E-state index contributed by atoms with van der Waals surface area (Å²) in [5.74, 6) is 0.935. The van der Waals surface area contributed by atoms with Gasteiger partial charge in [-0.1, -0.05) is 32.0 Å². The van der Waals surface area contributed by atoms with Gasteiger partial charge >= 0.3 is 0 Å². The Morgan fingerprint density at radius 1 is 1.20 bits per heavy atom. The number of ether oxygens (including phenoxy) is 1. The highest BCUT2D eigenvalue weighted by atomic mass is 32.2. The largest absolute Gasteiger partial charge is 0.479 e. The number of para-hydroxylation sites is 1. The summed E-state index contributed by atoms with van der Waals surface area (Å²) in [6, 6.07) is 9.95. The molecule has 0 aliphatic rings. The second kappa shape index (κ2) is 6.75. The van der Waals surface area contributed by atoms with Gasteiger partial charge in [-0.2, -0.15) is 0 Å². The highest BCUT2D eigenvalue weighted by Gasteiger charge is 2.08. The Bertz CT molecular complexity index is 262. The van der Waals surface area contributed by atoms with E-state index in [1.807, 2.05) is 30.3 Å². The predicted molar refractivity (Wildman–Crippen MR) is 67.0 cm³/mol. The van der Waals surface area contributed by atoms with Gasteiger partial charge in [-0.05, 0) is 31.0 Å². The number of nitrogens with zero attached hydrogens (tertiary/aromatic N) is 1. The van der Waals surface area contributed by atoms with E-state index in [9.17, 15) is 0 Å². The first kappa shape index (κ1) is 12.4. The molecule has 2 nitrogen and oxygen atoms in total. The Balaban J connectivity index is 2.39. The quantitative estimate of drug-likeness (QED) is 0.544. The molecule has 0 saturated heterocycles. The summed E-state index contributed by atoms with van der Waals surface area (Å²) in [5.41, 5.74) is 0.160. The van der Waals surface area contributed by atoms with Gasteiger partial charge in [0.25, 0.3) is 0 Å². The molecule has 1 rings (SSSR count). The van der Waals surface area contributed by atoms with Crippen molar-refractivity contribution in [3.63, 3.8) is 0 Å². The van der Waals surface area contributed by atoms with Crippen LogP contribution in [0.5, 0.6) is 5.75 Å². The van der Waals surface area contributed by atoms with Crippen molar-refractivity contribution in [1.29, 1.82) is 0 Å². The first-order valence-corrected chi connectivity index (χ1v) is 6.23. The Hall–Kier alpha value is -0.670. The van der Waals surface area contributed by atoms with Gasteiger partial charge in [-0.25, -0.2) is 4.31 Å². The fraction of sp³-hybridized carbons (Fsp3) is 0.500. The molecule has 0 amide bonds. The molecule has 0 fully saturated rings. The Kier molecular flexibility index (Phi) is 5.58. The van der Waals surface area contributed by atoms with Gasteiger partial charge in [0, 0.05) is 13.1 Å². The zero-order valence-corrected chi connectivity index (χ0v) is 10.5. The van der Waals surface area contributed by atoms with E-state index < -0.39 is 0 Å². The van der Waals surface area contributed by atoms with Crippen molar-refractivity contribution in [1.82, 2.24) is 4.31 Å². The standard InChI is InChI=1S/C12H19NOS/c1-4-13(5-2)15-11(3)14-12-9-7-6-8-10-12/h6-11H,4-5H2,1-3H3. The number of benzene rings is 1. The highest BCUT2D eigenvalue weighted by molar-refractivity contribution is 7.97. The molecule has 1 atom stereocenters. The van der Waals surface area contributed by atoms with Crippen LogP contribution in [0.4, 0.5) is 0 Å². The van der Waals surface area contributed by atoms with E-state index in [2.05, 4.69) is 25.1 Å². The molecule has 0 aliphatic heterocycles. The highest BCUT2D eigenvalue weighted by Crippen LogP contribution is 2.20. The molecular weight excluding hydrogens is 206 g/mol. The Morgan fingerprint density at radius 2 is 1.80 bits per heavy atom. The van der Waals surface area contributed by atoms with E-state index in [4.69, 9.17) is 4.74 Å². The smallest absolute Gasteiger partial charge is 0.155 e. The molecule has 3 heteroatoms. The van der Waals surface area contributed by atoms with E-state index in [0.717, 1.165) is 18.8 Å². The Labute approximate surface area is 96.8 Å². The summed E-state index contributed by atoms with van der Waals surface area (Å²) in [5, 5.41) is 0. The SMILES string of the molecule is CCN(CC)SC(C)Oc1ccccc1. The first-order chi connectivity index (χ1) is 7.26. The topological polar surface area (TPSA) is 12.5 Å². The molecular formula is C12H19NOS. The fourth-order valence-corrected chi connectivity index (χ4v) is 2.17. The number of hydrogen-bond donors (Lipinski definition) is 0. The van der Waals surface area contributed by atoms with Gasteiger partial charge in [0.2, 0.25) is 0 Å². The van der Waals surface area contributed by atoms with Gasteiger partial charge in [-0.3, -0.25) is 0 Å². The van der Waals surface area contributed by atoms with E-state index in [1.165, 1.54) is 0 Å². The zero-order chi connectivity index (χ0) is 11.1. The van der Waals surface area contributed by atoms with Crippen LogP contribution in [0.3, 0.4) is 0 Å². The lowest BCUT2D eigenvalue weighted by Gasteiger charge is -2.22. The predicted octanol–water partition coefficient (Wildman–Crippen LogP) is 3.40. The average molecular weight is 225 g/mol. The van der Waals surface area contributed by atoms with E-state index in [1.54, 1.807) is 11.9 Å². The van der Waals surface area contributed by atoms with Crippen molar-refractivity contribution in [2.45, 2.75) is 26.2 Å². The first-order valence-electron chi connectivity index (χ1n) is 5.39. The lowest BCUT2D eigenvalue weighted by atomic mass is 10.3. The molecule has 15 heavy (non-hydrogen) atoms. The lowest BCUT2D eigenvalue weighted by molar-refractivity contribution is 0.300. The monoisotopic (exact) mass is 225 g/mol. The summed E-state index contributed by atoms with van der Waals surface area (Å²) >= 11 is 1.75. The van der Waals surface area contributed by atoms with Gasteiger partial charge in [0.05, 0.1) is 0 Å². The fourth-order valence-electron chi connectivity index (χ4n) is 1.29. The van der Waals surface area contributed by atoms with Crippen LogP contribution in [0, 0.1) is 0 Å². The van der Waals surface area contributed by atoms with E-state index in [-0.39, 0.29) is 5.44 Å². The zero-order valence-electron chi connectivity index (χ0n) is 9.64.